The van der Waals surface area contributed by atoms with Crippen molar-refractivity contribution >= 4 is 15.9 Å². The molecule has 0 unspecified atom stereocenters. The number of methoxy groups -OCH3 is 3. The zero-order chi connectivity index (χ0) is 26.1. The average molecular weight is 528 g/mol. The fourth-order valence-electron chi connectivity index (χ4n) is 10.2. The van der Waals surface area contributed by atoms with Gasteiger partial charge in [-0.2, -0.15) is 8.42 Å². The van der Waals surface area contributed by atoms with Crippen LogP contribution >= 0.6 is 0 Å². The summed E-state index contributed by atoms with van der Waals surface area (Å²) in [5.41, 5.74) is -4.57. The van der Waals surface area contributed by atoms with Gasteiger partial charge in [0.1, 0.15) is 11.7 Å². The SMILES string of the molecule is CCN1C[C@]2(COC)C(=O)C=C[C@@]34[C@@H]5C[C@@]6(O)[C@@H](OC)C[C@@](O)([C@H]5[C@H]6OS(C)(=O)=O)[C@@H]([C@H](OC)[C@H]23)[C@@H]14. The molecular weight excluding hydrogens is 490 g/mol. The van der Waals surface area contributed by atoms with Gasteiger partial charge in [0.05, 0.1) is 36.1 Å². The van der Waals surface area contributed by atoms with Gasteiger partial charge in [0.15, 0.2) is 5.78 Å². The molecule has 12 atom stereocenters. The minimum Gasteiger partial charge on any atom is -0.389 e. The molecule has 202 valence electrons. The van der Waals surface area contributed by atoms with Crippen LogP contribution in [0.2, 0.25) is 0 Å². The van der Waals surface area contributed by atoms with Crippen LogP contribution in [0.15, 0.2) is 12.2 Å². The third-order valence-electron chi connectivity index (χ3n) is 10.9. The molecule has 6 aliphatic rings. The van der Waals surface area contributed by atoms with Crippen molar-refractivity contribution in [1.82, 2.24) is 4.90 Å². The van der Waals surface area contributed by atoms with E-state index in [2.05, 4.69) is 4.90 Å². The topological polar surface area (TPSA) is 132 Å². The summed E-state index contributed by atoms with van der Waals surface area (Å²) in [5.74, 6) is -1.81. The number of nitrogens with zero attached hydrogens (tertiary/aromatic N) is 1. The number of aliphatic hydroxyl groups is 2. The van der Waals surface area contributed by atoms with Gasteiger partial charge >= 0.3 is 0 Å². The van der Waals surface area contributed by atoms with Crippen molar-refractivity contribution in [3.8, 4) is 0 Å². The molecule has 1 saturated heterocycles. The van der Waals surface area contributed by atoms with E-state index in [0.717, 1.165) is 6.26 Å². The van der Waals surface area contributed by atoms with Gasteiger partial charge in [-0.1, -0.05) is 13.0 Å². The predicted octanol–water partition coefficient (Wildman–Crippen LogP) is -0.415. The van der Waals surface area contributed by atoms with E-state index in [1.165, 1.54) is 7.11 Å². The van der Waals surface area contributed by atoms with Crippen molar-refractivity contribution < 1.29 is 41.8 Å². The van der Waals surface area contributed by atoms with Crippen LogP contribution < -0.4 is 0 Å². The Kier molecular flexibility index (Phi) is 5.35. The fourth-order valence-corrected chi connectivity index (χ4v) is 10.8. The summed E-state index contributed by atoms with van der Waals surface area (Å²) in [5, 5.41) is 24.7. The Morgan fingerprint density at radius 1 is 1.11 bits per heavy atom. The van der Waals surface area contributed by atoms with E-state index in [-0.39, 0.29) is 43.1 Å². The summed E-state index contributed by atoms with van der Waals surface area (Å²) in [6.45, 7) is 3.41. The largest absolute Gasteiger partial charge is 0.389 e. The summed E-state index contributed by atoms with van der Waals surface area (Å²) in [6, 6.07) is -0.158. The Labute approximate surface area is 212 Å². The van der Waals surface area contributed by atoms with Crippen molar-refractivity contribution in [2.45, 2.75) is 55.3 Å². The van der Waals surface area contributed by atoms with Crippen LogP contribution in [-0.2, 0) is 33.3 Å². The molecular formula is C25H37NO9S. The Balaban J connectivity index is 1.65. The molecule has 0 radical (unpaired) electrons. The maximum atomic E-state index is 13.7. The highest BCUT2D eigenvalue weighted by Crippen LogP contribution is 2.78. The van der Waals surface area contributed by atoms with Gasteiger partial charge in [-0.05, 0) is 25.0 Å². The molecule has 0 amide bonds. The van der Waals surface area contributed by atoms with Crippen LogP contribution in [0.25, 0.3) is 0 Å². The van der Waals surface area contributed by atoms with Crippen LogP contribution in [0.1, 0.15) is 19.8 Å². The van der Waals surface area contributed by atoms with E-state index in [1.807, 2.05) is 13.0 Å². The van der Waals surface area contributed by atoms with Gasteiger partial charge in [0, 0.05) is 63.5 Å². The molecule has 4 saturated carbocycles. The molecule has 5 fully saturated rings. The molecule has 7 bridgehead atoms. The first-order valence-electron chi connectivity index (χ1n) is 12.7. The summed E-state index contributed by atoms with van der Waals surface area (Å²) < 4.78 is 48.0. The number of carbonyl (C=O) groups excluding carboxylic acids is 1. The van der Waals surface area contributed by atoms with Crippen molar-refractivity contribution in [2.75, 3.05) is 47.3 Å². The molecule has 10 nitrogen and oxygen atoms in total. The van der Waals surface area contributed by atoms with E-state index in [4.69, 9.17) is 18.4 Å². The number of rotatable bonds is 7. The first kappa shape index (κ1) is 25.4. The monoisotopic (exact) mass is 527 g/mol. The Morgan fingerprint density at radius 3 is 2.42 bits per heavy atom. The van der Waals surface area contributed by atoms with Crippen LogP contribution in [0.5, 0.6) is 0 Å². The standard InChI is InChI=1S/C25H37NO9S/c1-6-26-11-22(12-32-2)14(27)7-8-23-13-9-24(28)15(33-3)10-25(29,16(13)21(24)35-36(5,30)31)17(20(23)26)18(34-4)19(22)23/h7-8,13,15-21,28-29H,6,9-12H2,1-5H3/t13-,15+,16-,17+,18+,19-,20-,21-,22+,23-,24-,25-/m1/s1. The molecule has 6 rings (SSSR count). The quantitative estimate of drug-likeness (QED) is 0.421. The number of ketones is 1. The highest BCUT2D eigenvalue weighted by atomic mass is 32.2. The Morgan fingerprint density at radius 2 is 1.83 bits per heavy atom. The van der Waals surface area contributed by atoms with E-state index < -0.39 is 62.3 Å². The van der Waals surface area contributed by atoms with E-state index in [0.29, 0.717) is 13.1 Å². The van der Waals surface area contributed by atoms with Gasteiger partial charge in [-0.3, -0.25) is 13.9 Å². The van der Waals surface area contributed by atoms with Gasteiger partial charge in [-0.25, -0.2) is 0 Å². The lowest BCUT2D eigenvalue weighted by Crippen LogP contribution is -2.74. The van der Waals surface area contributed by atoms with Crippen LogP contribution in [0.3, 0.4) is 0 Å². The predicted molar refractivity (Wildman–Crippen MR) is 126 cm³/mol. The lowest BCUT2D eigenvalue weighted by Gasteiger charge is -2.65. The minimum absolute atomic E-state index is 0.0180. The van der Waals surface area contributed by atoms with Gasteiger partial charge < -0.3 is 24.4 Å². The number of allylic oxidation sites excluding steroid dienone is 1. The summed E-state index contributed by atoms with van der Waals surface area (Å²) in [4.78, 5) is 15.9. The van der Waals surface area contributed by atoms with Crippen molar-refractivity contribution in [3.05, 3.63) is 12.2 Å². The number of hydrogen-bond acceptors (Lipinski definition) is 10. The molecule has 1 aliphatic heterocycles. The number of hydrogen-bond donors (Lipinski definition) is 2. The van der Waals surface area contributed by atoms with E-state index in [1.54, 1.807) is 20.3 Å². The molecule has 1 spiro atoms. The number of piperidine rings is 1. The lowest BCUT2D eigenvalue weighted by atomic mass is 9.46. The fraction of sp³-hybridized carbons (Fsp3) is 0.880. The maximum Gasteiger partial charge on any atom is 0.264 e. The number of carbonyl (C=O) groups is 1. The van der Waals surface area contributed by atoms with Gasteiger partial charge in [-0.15, -0.1) is 0 Å². The Bertz CT molecular complexity index is 1110. The first-order valence-corrected chi connectivity index (χ1v) is 14.6. The van der Waals surface area contributed by atoms with Crippen molar-refractivity contribution in [2.24, 2.45) is 34.5 Å². The summed E-state index contributed by atoms with van der Waals surface area (Å²) in [7, 11) is 0.721. The molecule has 5 aliphatic carbocycles. The number of fused-ring (bicyclic) bond motifs is 2. The third-order valence-corrected chi connectivity index (χ3v) is 11.4. The van der Waals surface area contributed by atoms with Crippen LogP contribution in [-0.4, -0.2) is 112 Å². The molecule has 0 aromatic carbocycles. The van der Waals surface area contributed by atoms with Crippen LogP contribution in [0.4, 0.5) is 0 Å². The van der Waals surface area contributed by atoms with Crippen molar-refractivity contribution in [3.63, 3.8) is 0 Å². The molecule has 2 N–H and O–H groups in total. The van der Waals surface area contributed by atoms with Gasteiger partial charge in [0.25, 0.3) is 10.1 Å². The average Bonchev–Trinajstić information content (AvgIpc) is 3.17. The second kappa shape index (κ2) is 7.59. The minimum atomic E-state index is -3.96. The summed E-state index contributed by atoms with van der Waals surface area (Å²) >= 11 is 0. The number of likely N-dealkylation sites (tertiary alicyclic amines) is 1. The molecule has 1 heterocycles. The highest BCUT2D eigenvalue weighted by molar-refractivity contribution is 7.86. The molecule has 0 aromatic heterocycles. The zero-order valence-electron chi connectivity index (χ0n) is 21.4. The third kappa shape index (κ3) is 2.66. The Hall–Kier alpha value is -0.920. The normalized spacial score (nSPS) is 54.8. The van der Waals surface area contributed by atoms with Crippen molar-refractivity contribution in [1.29, 1.82) is 0 Å². The highest BCUT2D eigenvalue weighted by Gasteiger charge is 2.87. The lowest BCUT2D eigenvalue weighted by molar-refractivity contribution is -0.252. The zero-order valence-corrected chi connectivity index (χ0v) is 22.2. The van der Waals surface area contributed by atoms with E-state index in [9.17, 15) is 23.4 Å². The first-order chi connectivity index (χ1) is 16.9. The molecule has 36 heavy (non-hydrogen) atoms. The van der Waals surface area contributed by atoms with E-state index >= 15 is 0 Å². The maximum absolute atomic E-state index is 13.7. The second-order valence-corrected chi connectivity index (χ2v) is 13.6. The van der Waals surface area contributed by atoms with Gasteiger partial charge in [0.2, 0.25) is 0 Å². The second-order valence-electron chi connectivity index (χ2n) is 12.0. The molecule has 11 heteroatoms. The molecule has 0 aromatic rings. The number of ether oxygens (including phenoxy) is 3. The smallest absolute Gasteiger partial charge is 0.264 e. The van der Waals surface area contributed by atoms with Crippen LogP contribution in [0, 0.1) is 34.5 Å². The summed E-state index contributed by atoms with van der Waals surface area (Å²) in [6.07, 6.45) is 2.45.